The Morgan fingerprint density at radius 1 is 1.08 bits per heavy atom. The summed E-state index contributed by atoms with van der Waals surface area (Å²) < 4.78 is 4.59. The Kier molecular flexibility index (Phi) is 0.953. The number of fused-ring (bicyclic) bond motifs is 5. The number of esters is 2. The summed E-state index contributed by atoms with van der Waals surface area (Å²) in [5.41, 5.74) is 0. The van der Waals surface area contributed by atoms with Gasteiger partial charge >= 0.3 is 11.9 Å². The molecule has 1 saturated carbocycles. The van der Waals surface area contributed by atoms with Crippen molar-refractivity contribution in [3.63, 3.8) is 0 Å². The lowest BCUT2D eigenvalue weighted by Crippen LogP contribution is -2.21. The molecule has 0 aromatic carbocycles. The summed E-state index contributed by atoms with van der Waals surface area (Å²) in [7, 11) is 0. The first-order valence-corrected chi connectivity index (χ1v) is 4.21. The van der Waals surface area contributed by atoms with E-state index in [2.05, 4.69) is 4.74 Å². The molecule has 0 radical (unpaired) electrons. The number of allylic oxidation sites excluding steroid dienone is 2. The zero-order valence-electron chi connectivity index (χ0n) is 6.40. The molecule has 3 unspecified atom stereocenters. The van der Waals surface area contributed by atoms with Crippen LogP contribution in [0.1, 0.15) is 6.42 Å². The van der Waals surface area contributed by atoms with Gasteiger partial charge in [0, 0.05) is 0 Å². The van der Waals surface area contributed by atoms with Crippen LogP contribution in [-0.2, 0) is 14.3 Å². The van der Waals surface area contributed by atoms with Crippen LogP contribution in [0.15, 0.2) is 12.2 Å². The molecule has 4 atom stereocenters. The summed E-state index contributed by atoms with van der Waals surface area (Å²) >= 11 is 0. The van der Waals surface area contributed by atoms with Crippen molar-refractivity contribution in [2.75, 3.05) is 0 Å². The molecule has 3 aliphatic rings. The molecule has 1 aliphatic heterocycles. The molecule has 1 saturated heterocycles. The molecule has 0 amide bonds. The van der Waals surface area contributed by atoms with Crippen LogP contribution < -0.4 is 0 Å². The summed E-state index contributed by atoms with van der Waals surface area (Å²) in [5, 5.41) is 0. The van der Waals surface area contributed by atoms with Gasteiger partial charge in [0.2, 0.25) is 0 Å². The summed E-state index contributed by atoms with van der Waals surface area (Å²) in [5.74, 6) is -0.346. The average molecular weight is 164 g/mol. The molecule has 3 nitrogen and oxygen atoms in total. The highest BCUT2D eigenvalue weighted by atomic mass is 16.6. The van der Waals surface area contributed by atoms with Crippen molar-refractivity contribution in [3.8, 4) is 0 Å². The maximum absolute atomic E-state index is 11.2. The van der Waals surface area contributed by atoms with Crippen LogP contribution in [0, 0.1) is 23.7 Å². The van der Waals surface area contributed by atoms with Gasteiger partial charge < -0.3 is 4.74 Å². The van der Waals surface area contributed by atoms with Crippen LogP contribution >= 0.6 is 0 Å². The Morgan fingerprint density at radius 3 is 2.08 bits per heavy atom. The Bertz CT molecular complexity index is 277. The summed E-state index contributed by atoms with van der Waals surface area (Å²) in [6.07, 6.45) is 5.06. The summed E-state index contributed by atoms with van der Waals surface area (Å²) in [6.45, 7) is 0. The molecule has 62 valence electrons. The molecule has 0 spiro atoms. The molecular weight excluding hydrogens is 156 g/mol. The SMILES string of the molecule is O=C1OC(=O)[C@H]2C3C=CC(C3)C12. The van der Waals surface area contributed by atoms with E-state index >= 15 is 0 Å². The van der Waals surface area contributed by atoms with E-state index in [4.69, 9.17) is 0 Å². The van der Waals surface area contributed by atoms with Crippen molar-refractivity contribution in [1.82, 2.24) is 0 Å². The molecule has 2 bridgehead atoms. The highest BCUT2D eigenvalue weighted by Crippen LogP contribution is 2.51. The molecule has 0 aromatic heterocycles. The Morgan fingerprint density at radius 2 is 1.58 bits per heavy atom. The van der Waals surface area contributed by atoms with Gasteiger partial charge in [0.05, 0.1) is 11.8 Å². The van der Waals surface area contributed by atoms with Crippen LogP contribution in [0.25, 0.3) is 0 Å². The fraction of sp³-hybridized carbons (Fsp3) is 0.556. The lowest BCUT2D eigenvalue weighted by molar-refractivity contribution is -0.154. The minimum atomic E-state index is -0.304. The van der Waals surface area contributed by atoms with Crippen molar-refractivity contribution in [3.05, 3.63) is 12.2 Å². The molecular formula is C9H8O3. The van der Waals surface area contributed by atoms with Crippen molar-refractivity contribution >= 4 is 11.9 Å². The topological polar surface area (TPSA) is 43.4 Å². The number of carbonyl (C=O) groups excluding carboxylic acids is 2. The Balaban J connectivity index is 2.08. The number of rotatable bonds is 0. The second-order valence-electron chi connectivity index (χ2n) is 3.74. The van der Waals surface area contributed by atoms with Crippen molar-refractivity contribution < 1.29 is 14.3 Å². The average Bonchev–Trinajstić information content (AvgIpc) is 2.64. The summed E-state index contributed by atoms with van der Waals surface area (Å²) in [4.78, 5) is 22.4. The van der Waals surface area contributed by atoms with Gasteiger partial charge in [0.1, 0.15) is 0 Å². The largest absolute Gasteiger partial charge is 0.393 e. The van der Waals surface area contributed by atoms with Gasteiger partial charge in [-0.1, -0.05) is 12.2 Å². The first-order chi connectivity index (χ1) is 5.77. The van der Waals surface area contributed by atoms with E-state index in [0.717, 1.165) is 6.42 Å². The predicted molar refractivity (Wildman–Crippen MR) is 38.8 cm³/mol. The smallest absolute Gasteiger partial charge is 0.318 e. The van der Waals surface area contributed by atoms with E-state index in [1.165, 1.54) is 0 Å². The zero-order valence-corrected chi connectivity index (χ0v) is 6.40. The van der Waals surface area contributed by atoms with Crippen LogP contribution in [0.2, 0.25) is 0 Å². The Labute approximate surface area is 69.4 Å². The molecule has 3 heteroatoms. The highest BCUT2D eigenvalue weighted by molar-refractivity contribution is 5.98. The van der Waals surface area contributed by atoms with E-state index in [-0.39, 0.29) is 35.6 Å². The second-order valence-corrected chi connectivity index (χ2v) is 3.74. The molecule has 0 aromatic rings. The van der Waals surface area contributed by atoms with E-state index in [1.807, 2.05) is 12.2 Å². The number of cyclic esters (lactones) is 2. The maximum atomic E-state index is 11.2. The Hall–Kier alpha value is -1.12. The molecule has 0 N–H and O–H groups in total. The van der Waals surface area contributed by atoms with Crippen LogP contribution in [0.4, 0.5) is 0 Å². The van der Waals surface area contributed by atoms with Crippen LogP contribution in [0.3, 0.4) is 0 Å². The van der Waals surface area contributed by atoms with Gasteiger partial charge in [-0.05, 0) is 18.3 Å². The first-order valence-electron chi connectivity index (χ1n) is 4.21. The van der Waals surface area contributed by atoms with E-state index in [0.29, 0.717) is 0 Å². The van der Waals surface area contributed by atoms with Gasteiger partial charge in [-0.2, -0.15) is 0 Å². The lowest BCUT2D eigenvalue weighted by atomic mass is 9.85. The lowest BCUT2D eigenvalue weighted by Gasteiger charge is -2.12. The fourth-order valence-electron chi connectivity index (χ4n) is 2.70. The molecule has 3 rings (SSSR count). The molecule has 12 heavy (non-hydrogen) atoms. The zero-order chi connectivity index (χ0) is 8.29. The predicted octanol–water partition coefficient (Wildman–Crippen LogP) is 0.508. The van der Waals surface area contributed by atoms with Crippen LogP contribution in [0.5, 0.6) is 0 Å². The summed E-state index contributed by atoms with van der Waals surface area (Å²) in [6, 6.07) is 0. The third-order valence-electron chi connectivity index (χ3n) is 3.20. The quantitative estimate of drug-likeness (QED) is 0.297. The van der Waals surface area contributed by atoms with Gasteiger partial charge in [0.25, 0.3) is 0 Å². The van der Waals surface area contributed by atoms with E-state index in [9.17, 15) is 9.59 Å². The maximum Gasteiger partial charge on any atom is 0.318 e. The van der Waals surface area contributed by atoms with E-state index < -0.39 is 0 Å². The minimum Gasteiger partial charge on any atom is -0.393 e. The van der Waals surface area contributed by atoms with Crippen molar-refractivity contribution in [1.29, 1.82) is 0 Å². The van der Waals surface area contributed by atoms with Crippen molar-refractivity contribution in [2.24, 2.45) is 23.7 Å². The fourth-order valence-corrected chi connectivity index (χ4v) is 2.70. The monoisotopic (exact) mass is 164 g/mol. The third-order valence-corrected chi connectivity index (χ3v) is 3.20. The van der Waals surface area contributed by atoms with Crippen LogP contribution in [-0.4, -0.2) is 11.9 Å². The number of hydrogen-bond acceptors (Lipinski definition) is 3. The standard InChI is InChI=1S/C9H8O3/c10-8-6-4-1-2-5(3-4)7(6)9(11)12-8/h1-2,4-7H,3H2/t4?,5?,6-,7?/m0/s1. The normalized spacial score (nSPS) is 48.3. The molecule has 1 heterocycles. The molecule has 2 fully saturated rings. The molecule has 2 aliphatic carbocycles. The van der Waals surface area contributed by atoms with Gasteiger partial charge in [-0.3, -0.25) is 9.59 Å². The number of carbonyl (C=O) groups is 2. The first kappa shape index (κ1) is 6.40. The second kappa shape index (κ2) is 1.79. The third kappa shape index (κ3) is 0.543. The number of hydrogen-bond donors (Lipinski definition) is 0. The number of ether oxygens (including phenoxy) is 1. The van der Waals surface area contributed by atoms with Gasteiger partial charge in [0.15, 0.2) is 0 Å². The van der Waals surface area contributed by atoms with Gasteiger partial charge in [-0.15, -0.1) is 0 Å². The highest BCUT2D eigenvalue weighted by Gasteiger charge is 2.57. The van der Waals surface area contributed by atoms with Crippen molar-refractivity contribution in [2.45, 2.75) is 6.42 Å². The minimum absolute atomic E-state index is 0.146. The van der Waals surface area contributed by atoms with Gasteiger partial charge in [-0.25, -0.2) is 0 Å². The van der Waals surface area contributed by atoms with E-state index in [1.54, 1.807) is 0 Å².